The normalized spacial score (nSPS) is 11.4. The molecule has 4 rings (SSSR count). The van der Waals surface area contributed by atoms with Gasteiger partial charge in [-0.15, -0.1) is 11.3 Å². The second kappa shape index (κ2) is 9.98. The van der Waals surface area contributed by atoms with Gasteiger partial charge in [-0.05, 0) is 42.5 Å². The number of hydrogen-bond donors (Lipinski definition) is 2. The number of fused-ring (bicyclic) bond motifs is 1. The molecule has 2 aromatic heterocycles. The number of rotatable bonds is 9. The number of hydrogen-bond acceptors (Lipinski definition) is 4. The van der Waals surface area contributed by atoms with E-state index in [4.69, 9.17) is 16.6 Å². The summed E-state index contributed by atoms with van der Waals surface area (Å²) in [5.41, 5.74) is 5.15. The maximum atomic E-state index is 11.4. The topological polar surface area (TPSA) is 69.2 Å². The third-order valence-corrected chi connectivity index (χ3v) is 7.17. The van der Waals surface area contributed by atoms with Crippen molar-refractivity contribution in [2.45, 2.75) is 40.2 Å². The molecular formula is C26H28ClN3O2S. The van der Waals surface area contributed by atoms with Crippen LogP contribution in [-0.4, -0.2) is 27.6 Å². The monoisotopic (exact) mass is 481 g/mol. The van der Waals surface area contributed by atoms with Crippen molar-refractivity contribution in [2.24, 2.45) is 5.92 Å². The number of benzene rings is 2. The van der Waals surface area contributed by atoms with Crippen molar-refractivity contribution in [2.75, 3.05) is 11.4 Å². The first kappa shape index (κ1) is 23.3. The lowest BCUT2D eigenvalue weighted by Gasteiger charge is -2.21. The van der Waals surface area contributed by atoms with Gasteiger partial charge < -0.3 is 15.0 Å². The molecule has 0 fully saturated rings. The summed E-state index contributed by atoms with van der Waals surface area (Å²) in [6, 6.07) is 14.2. The fourth-order valence-electron chi connectivity index (χ4n) is 3.89. The van der Waals surface area contributed by atoms with Gasteiger partial charge in [0.1, 0.15) is 0 Å². The van der Waals surface area contributed by atoms with Crippen LogP contribution in [0.25, 0.3) is 22.2 Å². The Labute approximate surface area is 203 Å². The number of para-hydroxylation sites is 1. The van der Waals surface area contributed by atoms with Crippen LogP contribution in [0.5, 0.6) is 0 Å². The van der Waals surface area contributed by atoms with E-state index < -0.39 is 5.97 Å². The number of halogens is 1. The fraction of sp³-hybridized carbons (Fsp3) is 0.308. The van der Waals surface area contributed by atoms with Crippen LogP contribution in [0.3, 0.4) is 0 Å². The number of aromatic amines is 1. The molecular weight excluding hydrogens is 454 g/mol. The fourth-order valence-corrected chi connectivity index (χ4v) is 5.39. The summed E-state index contributed by atoms with van der Waals surface area (Å²) < 4.78 is 0. The average Bonchev–Trinajstić information content (AvgIpc) is 3.37. The summed E-state index contributed by atoms with van der Waals surface area (Å²) in [5, 5.41) is 12.1. The van der Waals surface area contributed by atoms with Gasteiger partial charge in [0.15, 0.2) is 5.13 Å². The lowest BCUT2D eigenvalue weighted by Crippen LogP contribution is -2.25. The molecule has 4 aromatic rings. The molecule has 172 valence electrons. The molecule has 0 aliphatic rings. The number of carboxylic acids is 1. The molecule has 0 spiro atoms. The highest BCUT2D eigenvalue weighted by atomic mass is 35.5. The highest BCUT2D eigenvalue weighted by molar-refractivity contribution is 7.16. The summed E-state index contributed by atoms with van der Waals surface area (Å²) in [5.74, 6) is -0.345. The molecule has 0 atom stereocenters. The first-order valence-electron chi connectivity index (χ1n) is 11.1. The molecule has 0 aliphatic carbocycles. The summed E-state index contributed by atoms with van der Waals surface area (Å²) in [7, 11) is 0. The van der Waals surface area contributed by atoms with Gasteiger partial charge in [0.2, 0.25) is 0 Å². The zero-order valence-electron chi connectivity index (χ0n) is 19.1. The highest BCUT2D eigenvalue weighted by Gasteiger charge is 2.21. The summed E-state index contributed by atoms with van der Waals surface area (Å²) in [6.07, 6.45) is 2.95. The SMILES string of the molecule is Cc1ccc(-c2nc(N(CCC(=O)O)Cc3c[nH]c4ccccc34)sc2CC(C)C)cc1Cl. The van der Waals surface area contributed by atoms with Gasteiger partial charge in [-0.25, -0.2) is 4.98 Å². The number of carbonyl (C=O) groups is 1. The first-order chi connectivity index (χ1) is 15.8. The van der Waals surface area contributed by atoms with Crippen molar-refractivity contribution < 1.29 is 9.90 Å². The van der Waals surface area contributed by atoms with Gasteiger partial charge in [0.05, 0.1) is 12.1 Å². The van der Waals surface area contributed by atoms with Crippen molar-refractivity contribution >= 4 is 44.9 Å². The van der Waals surface area contributed by atoms with Crippen LogP contribution in [0.2, 0.25) is 5.02 Å². The Kier molecular flexibility index (Phi) is 7.05. The molecule has 2 aromatic carbocycles. The molecule has 33 heavy (non-hydrogen) atoms. The zero-order valence-corrected chi connectivity index (χ0v) is 20.6. The second-order valence-electron chi connectivity index (χ2n) is 8.75. The van der Waals surface area contributed by atoms with Gasteiger partial charge in [-0.1, -0.05) is 55.8 Å². The molecule has 0 amide bonds. The summed E-state index contributed by atoms with van der Waals surface area (Å²) in [4.78, 5) is 23.0. The third-order valence-electron chi connectivity index (χ3n) is 5.63. The molecule has 2 heterocycles. The van der Waals surface area contributed by atoms with Gasteiger partial charge in [-0.3, -0.25) is 4.79 Å². The smallest absolute Gasteiger partial charge is 0.305 e. The summed E-state index contributed by atoms with van der Waals surface area (Å²) >= 11 is 8.07. The van der Waals surface area contributed by atoms with E-state index in [-0.39, 0.29) is 6.42 Å². The van der Waals surface area contributed by atoms with Crippen molar-refractivity contribution in [3.8, 4) is 11.3 Å². The average molecular weight is 482 g/mol. The van der Waals surface area contributed by atoms with Crippen LogP contribution in [0.15, 0.2) is 48.7 Å². The van der Waals surface area contributed by atoms with Gasteiger partial charge in [0.25, 0.3) is 0 Å². The Morgan fingerprint density at radius 2 is 2.03 bits per heavy atom. The number of aromatic nitrogens is 2. The Morgan fingerprint density at radius 1 is 1.24 bits per heavy atom. The van der Waals surface area contributed by atoms with Crippen molar-refractivity contribution in [1.29, 1.82) is 0 Å². The van der Waals surface area contributed by atoms with Crippen LogP contribution in [0, 0.1) is 12.8 Å². The van der Waals surface area contributed by atoms with Crippen LogP contribution in [0.4, 0.5) is 5.13 Å². The molecule has 7 heteroatoms. The van der Waals surface area contributed by atoms with E-state index in [1.807, 2.05) is 43.5 Å². The number of nitrogens with zero attached hydrogens (tertiary/aromatic N) is 2. The number of aryl methyl sites for hydroxylation is 1. The van der Waals surface area contributed by atoms with Crippen LogP contribution < -0.4 is 4.90 Å². The number of thiazole rings is 1. The van der Waals surface area contributed by atoms with Gasteiger partial charge in [0, 0.05) is 45.7 Å². The molecule has 0 saturated heterocycles. The number of aliphatic carboxylic acids is 1. The summed E-state index contributed by atoms with van der Waals surface area (Å²) in [6.45, 7) is 7.35. The number of H-pyrrole nitrogens is 1. The van der Waals surface area contributed by atoms with E-state index >= 15 is 0 Å². The Balaban J connectivity index is 1.74. The molecule has 0 unspecified atom stereocenters. The maximum Gasteiger partial charge on any atom is 0.305 e. The lowest BCUT2D eigenvalue weighted by atomic mass is 10.0. The third kappa shape index (κ3) is 5.40. The number of anilines is 1. The Hall–Kier alpha value is -2.83. The molecule has 0 bridgehead atoms. The minimum absolute atomic E-state index is 0.0488. The van der Waals surface area contributed by atoms with Gasteiger partial charge >= 0.3 is 5.97 Å². The van der Waals surface area contributed by atoms with Crippen LogP contribution >= 0.6 is 22.9 Å². The molecule has 2 N–H and O–H groups in total. The van der Waals surface area contributed by atoms with E-state index in [9.17, 15) is 9.90 Å². The molecule has 0 saturated carbocycles. The van der Waals surface area contributed by atoms with E-state index in [1.165, 1.54) is 4.88 Å². The Morgan fingerprint density at radius 3 is 2.76 bits per heavy atom. The number of carboxylic acid groups (broad SMARTS) is 1. The predicted molar refractivity (Wildman–Crippen MR) is 137 cm³/mol. The van der Waals surface area contributed by atoms with Crippen molar-refractivity contribution in [1.82, 2.24) is 9.97 Å². The zero-order chi connectivity index (χ0) is 23.5. The van der Waals surface area contributed by atoms with E-state index in [1.54, 1.807) is 11.3 Å². The van der Waals surface area contributed by atoms with Gasteiger partial charge in [-0.2, -0.15) is 0 Å². The first-order valence-corrected chi connectivity index (χ1v) is 12.3. The lowest BCUT2D eigenvalue weighted by molar-refractivity contribution is -0.136. The Bertz CT molecular complexity index is 1280. The van der Waals surface area contributed by atoms with E-state index in [2.05, 4.69) is 35.9 Å². The van der Waals surface area contributed by atoms with E-state index in [0.717, 1.165) is 49.9 Å². The van der Waals surface area contributed by atoms with Crippen molar-refractivity contribution in [3.05, 3.63) is 69.7 Å². The second-order valence-corrected chi connectivity index (χ2v) is 10.2. The quantitative estimate of drug-likeness (QED) is 0.272. The van der Waals surface area contributed by atoms with E-state index in [0.29, 0.717) is 19.0 Å². The van der Waals surface area contributed by atoms with Crippen LogP contribution in [0.1, 0.15) is 36.3 Å². The molecule has 0 aliphatic heterocycles. The maximum absolute atomic E-state index is 11.4. The molecule has 0 radical (unpaired) electrons. The largest absolute Gasteiger partial charge is 0.481 e. The predicted octanol–water partition coefficient (Wildman–Crippen LogP) is 6.93. The number of nitrogens with one attached hydrogen (secondary N) is 1. The minimum Gasteiger partial charge on any atom is -0.481 e. The highest BCUT2D eigenvalue weighted by Crippen LogP contribution is 2.37. The van der Waals surface area contributed by atoms with Crippen molar-refractivity contribution in [3.63, 3.8) is 0 Å². The standard InChI is InChI=1S/C26H28ClN3O2S/c1-16(2)12-23-25(18-9-8-17(3)21(27)13-18)29-26(33-23)30(11-10-24(31)32)15-19-14-28-22-7-5-4-6-20(19)22/h4-9,13-14,16,28H,10-12,15H2,1-3H3,(H,31,32). The molecule has 5 nitrogen and oxygen atoms in total. The van der Waals surface area contributed by atoms with Crippen LogP contribution in [-0.2, 0) is 17.8 Å². The minimum atomic E-state index is -0.816.